The molecule has 0 radical (unpaired) electrons. The Balaban J connectivity index is 1.49. The van der Waals surface area contributed by atoms with Gasteiger partial charge in [0, 0.05) is 33.3 Å². The zero-order chi connectivity index (χ0) is 13.8. The van der Waals surface area contributed by atoms with Crippen LogP contribution in [0.1, 0.15) is 44.9 Å². The fourth-order valence-electron chi connectivity index (χ4n) is 4.08. The van der Waals surface area contributed by atoms with Crippen LogP contribution in [0.3, 0.4) is 0 Å². The van der Waals surface area contributed by atoms with Gasteiger partial charge in [-0.05, 0) is 43.9 Å². The smallest absolute Gasteiger partial charge is 0.193 e. The molecule has 0 amide bonds. The fourth-order valence-corrected chi connectivity index (χ4v) is 4.08. The van der Waals surface area contributed by atoms with Crippen molar-refractivity contribution >= 4 is 5.96 Å². The minimum atomic E-state index is 0.380. The normalized spacial score (nSPS) is 35.0. The molecule has 3 fully saturated rings. The summed E-state index contributed by atoms with van der Waals surface area (Å²) in [6, 6.07) is 0. The first-order chi connectivity index (χ1) is 9.86. The predicted molar refractivity (Wildman–Crippen MR) is 82.0 cm³/mol. The monoisotopic (exact) mass is 279 g/mol. The van der Waals surface area contributed by atoms with Gasteiger partial charge in [0.2, 0.25) is 0 Å². The summed E-state index contributed by atoms with van der Waals surface area (Å²) >= 11 is 0. The van der Waals surface area contributed by atoms with Crippen LogP contribution < -0.4 is 5.32 Å². The van der Waals surface area contributed by atoms with E-state index in [4.69, 9.17) is 4.74 Å². The Morgan fingerprint density at radius 3 is 2.40 bits per heavy atom. The third kappa shape index (κ3) is 3.27. The second-order valence-electron chi connectivity index (χ2n) is 6.63. The largest absolute Gasteiger partial charge is 0.376 e. The van der Waals surface area contributed by atoms with E-state index in [1.165, 1.54) is 58.0 Å². The summed E-state index contributed by atoms with van der Waals surface area (Å²) in [6.07, 6.45) is 9.79. The molecule has 3 rings (SSSR count). The molecular weight excluding hydrogens is 250 g/mol. The first-order valence-corrected chi connectivity index (χ1v) is 8.44. The van der Waals surface area contributed by atoms with Crippen LogP contribution in [0.2, 0.25) is 0 Å². The maximum absolute atomic E-state index is 5.79. The van der Waals surface area contributed by atoms with Crippen molar-refractivity contribution in [1.82, 2.24) is 10.2 Å². The number of rotatable bonds is 2. The SMILES string of the molecule is CN=C(NCC1CCCCO1)N1CC2CCCCC2C1. The highest BCUT2D eigenvalue weighted by atomic mass is 16.5. The number of guanidine groups is 1. The second-order valence-corrected chi connectivity index (χ2v) is 6.63. The summed E-state index contributed by atoms with van der Waals surface area (Å²) in [5.41, 5.74) is 0. The van der Waals surface area contributed by atoms with Crippen molar-refractivity contribution in [3.63, 3.8) is 0 Å². The first kappa shape index (κ1) is 14.2. The van der Waals surface area contributed by atoms with Gasteiger partial charge in [0.1, 0.15) is 0 Å². The number of hydrogen-bond acceptors (Lipinski definition) is 2. The molecule has 2 aliphatic heterocycles. The van der Waals surface area contributed by atoms with Crippen LogP contribution in [0.5, 0.6) is 0 Å². The molecule has 4 nitrogen and oxygen atoms in total. The van der Waals surface area contributed by atoms with Gasteiger partial charge in [0.15, 0.2) is 5.96 Å². The molecule has 3 aliphatic rings. The standard InChI is InChI=1S/C16H29N3O/c1-17-16(18-10-15-8-4-5-9-20-15)19-11-13-6-2-3-7-14(13)12-19/h13-15H,2-12H2,1H3,(H,17,18). The van der Waals surface area contributed by atoms with E-state index in [9.17, 15) is 0 Å². The van der Waals surface area contributed by atoms with Gasteiger partial charge in [0.25, 0.3) is 0 Å². The molecule has 114 valence electrons. The molecule has 0 spiro atoms. The minimum Gasteiger partial charge on any atom is -0.376 e. The Hall–Kier alpha value is -0.770. The average Bonchev–Trinajstić information content (AvgIpc) is 2.92. The molecule has 1 saturated carbocycles. The molecule has 2 heterocycles. The lowest BCUT2D eigenvalue weighted by Gasteiger charge is -2.26. The third-order valence-electron chi connectivity index (χ3n) is 5.25. The van der Waals surface area contributed by atoms with Crippen LogP contribution in [0.15, 0.2) is 4.99 Å². The van der Waals surface area contributed by atoms with Gasteiger partial charge in [-0.15, -0.1) is 0 Å². The highest BCUT2D eigenvalue weighted by Gasteiger charge is 2.35. The number of fused-ring (bicyclic) bond motifs is 1. The van der Waals surface area contributed by atoms with Gasteiger partial charge in [-0.1, -0.05) is 12.8 Å². The van der Waals surface area contributed by atoms with Crippen molar-refractivity contribution in [3.05, 3.63) is 0 Å². The molecule has 0 bridgehead atoms. The Kier molecular flexibility index (Phi) is 4.81. The number of hydrogen-bond donors (Lipinski definition) is 1. The number of likely N-dealkylation sites (tertiary alicyclic amines) is 1. The Bertz CT molecular complexity index is 325. The molecule has 3 atom stereocenters. The second kappa shape index (κ2) is 6.79. The number of ether oxygens (including phenoxy) is 1. The molecule has 4 heteroatoms. The van der Waals surface area contributed by atoms with E-state index in [2.05, 4.69) is 15.2 Å². The average molecular weight is 279 g/mol. The lowest BCUT2D eigenvalue weighted by atomic mass is 9.82. The maximum atomic E-state index is 5.79. The molecule has 3 unspecified atom stereocenters. The lowest BCUT2D eigenvalue weighted by molar-refractivity contribution is 0.0191. The van der Waals surface area contributed by atoms with Gasteiger partial charge in [-0.3, -0.25) is 4.99 Å². The zero-order valence-corrected chi connectivity index (χ0v) is 12.8. The summed E-state index contributed by atoms with van der Waals surface area (Å²) in [5.74, 6) is 2.91. The molecule has 0 aromatic heterocycles. The third-order valence-corrected chi connectivity index (χ3v) is 5.25. The van der Waals surface area contributed by atoms with E-state index >= 15 is 0 Å². The number of aliphatic imine (C=N–C) groups is 1. The van der Waals surface area contributed by atoms with Crippen LogP contribution in [-0.2, 0) is 4.74 Å². The topological polar surface area (TPSA) is 36.9 Å². The van der Waals surface area contributed by atoms with Gasteiger partial charge in [0.05, 0.1) is 6.10 Å². The van der Waals surface area contributed by atoms with E-state index in [0.29, 0.717) is 6.10 Å². The summed E-state index contributed by atoms with van der Waals surface area (Å²) in [7, 11) is 1.91. The van der Waals surface area contributed by atoms with Gasteiger partial charge in [-0.2, -0.15) is 0 Å². The quantitative estimate of drug-likeness (QED) is 0.622. The van der Waals surface area contributed by atoms with Gasteiger partial charge < -0.3 is 15.0 Å². The molecule has 1 aliphatic carbocycles. The fraction of sp³-hybridized carbons (Fsp3) is 0.938. The Morgan fingerprint density at radius 1 is 1.10 bits per heavy atom. The van der Waals surface area contributed by atoms with E-state index in [1.807, 2.05) is 7.05 Å². The summed E-state index contributed by atoms with van der Waals surface area (Å²) < 4.78 is 5.79. The predicted octanol–water partition coefficient (Wildman–Crippen LogP) is 2.25. The molecule has 20 heavy (non-hydrogen) atoms. The van der Waals surface area contributed by atoms with E-state index in [1.54, 1.807) is 0 Å². The molecule has 1 N–H and O–H groups in total. The van der Waals surface area contributed by atoms with Crippen molar-refractivity contribution in [1.29, 1.82) is 0 Å². The number of nitrogens with zero attached hydrogens (tertiary/aromatic N) is 2. The highest BCUT2D eigenvalue weighted by Crippen LogP contribution is 2.35. The maximum Gasteiger partial charge on any atom is 0.193 e. The summed E-state index contributed by atoms with van der Waals surface area (Å²) in [4.78, 5) is 6.96. The van der Waals surface area contributed by atoms with Gasteiger partial charge in [-0.25, -0.2) is 0 Å². The van der Waals surface area contributed by atoms with E-state index in [0.717, 1.165) is 30.9 Å². The van der Waals surface area contributed by atoms with Crippen LogP contribution >= 0.6 is 0 Å². The minimum absolute atomic E-state index is 0.380. The van der Waals surface area contributed by atoms with Crippen molar-refractivity contribution in [2.75, 3.05) is 33.3 Å². The Labute approximate surface area is 123 Å². The van der Waals surface area contributed by atoms with Crippen molar-refractivity contribution in [2.45, 2.75) is 51.0 Å². The van der Waals surface area contributed by atoms with Crippen LogP contribution in [0, 0.1) is 11.8 Å². The van der Waals surface area contributed by atoms with Crippen molar-refractivity contribution in [2.24, 2.45) is 16.8 Å². The van der Waals surface area contributed by atoms with Crippen LogP contribution in [0.25, 0.3) is 0 Å². The molecular formula is C16H29N3O. The van der Waals surface area contributed by atoms with Crippen molar-refractivity contribution in [3.8, 4) is 0 Å². The Morgan fingerprint density at radius 2 is 1.80 bits per heavy atom. The van der Waals surface area contributed by atoms with Crippen LogP contribution in [-0.4, -0.2) is 50.3 Å². The van der Waals surface area contributed by atoms with E-state index in [-0.39, 0.29) is 0 Å². The molecule has 0 aromatic rings. The molecule has 0 aromatic carbocycles. The highest BCUT2D eigenvalue weighted by molar-refractivity contribution is 5.80. The zero-order valence-electron chi connectivity index (χ0n) is 12.8. The lowest BCUT2D eigenvalue weighted by Crippen LogP contribution is -2.44. The first-order valence-electron chi connectivity index (χ1n) is 8.44. The molecule has 2 saturated heterocycles. The van der Waals surface area contributed by atoms with Crippen LogP contribution in [0.4, 0.5) is 0 Å². The van der Waals surface area contributed by atoms with Gasteiger partial charge >= 0.3 is 0 Å². The van der Waals surface area contributed by atoms with E-state index < -0.39 is 0 Å². The summed E-state index contributed by atoms with van der Waals surface area (Å²) in [6.45, 7) is 4.25. The van der Waals surface area contributed by atoms with Crippen molar-refractivity contribution < 1.29 is 4.74 Å². The number of nitrogens with one attached hydrogen (secondary N) is 1. The summed E-state index contributed by atoms with van der Waals surface area (Å²) in [5, 5.41) is 3.54.